The predicted molar refractivity (Wildman–Crippen MR) is 79.3 cm³/mol. The Morgan fingerprint density at radius 3 is 3.05 bits per heavy atom. The summed E-state index contributed by atoms with van der Waals surface area (Å²) in [5.41, 5.74) is 0. The monoisotopic (exact) mass is 285 g/mol. The van der Waals surface area contributed by atoms with Gasteiger partial charge < -0.3 is 14.3 Å². The molecule has 3 rings (SSSR count). The molecule has 0 aliphatic heterocycles. The van der Waals surface area contributed by atoms with Gasteiger partial charge in [-0.1, -0.05) is 6.92 Å². The molecule has 1 amide bonds. The number of hydrogen-bond acceptors (Lipinski definition) is 3. The van der Waals surface area contributed by atoms with Gasteiger partial charge in [-0.15, -0.1) is 0 Å². The van der Waals surface area contributed by atoms with Gasteiger partial charge >= 0.3 is 0 Å². The molecule has 1 N–H and O–H groups in total. The molecule has 1 fully saturated rings. The third kappa shape index (κ3) is 3.24. The number of aromatic amines is 1. The second kappa shape index (κ2) is 5.60. The van der Waals surface area contributed by atoms with Gasteiger partial charge in [0.1, 0.15) is 17.3 Å². The topological polar surface area (TPSA) is 62.1 Å². The van der Waals surface area contributed by atoms with Crippen LogP contribution in [0.3, 0.4) is 0 Å². The molecule has 5 nitrogen and oxygen atoms in total. The number of amides is 1. The Bertz CT molecular complexity index is 642. The van der Waals surface area contributed by atoms with Crippen molar-refractivity contribution in [1.82, 2.24) is 14.9 Å². The van der Waals surface area contributed by atoms with Crippen LogP contribution in [-0.2, 0) is 11.3 Å². The van der Waals surface area contributed by atoms with Gasteiger partial charge in [0.2, 0.25) is 5.91 Å². The molecule has 1 aliphatic rings. The Labute approximate surface area is 123 Å². The van der Waals surface area contributed by atoms with Crippen LogP contribution in [0.25, 0.3) is 6.08 Å². The predicted octanol–water partition coefficient (Wildman–Crippen LogP) is 2.80. The summed E-state index contributed by atoms with van der Waals surface area (Å²) in [5, 5.41) is 0. The molecule has 0 aromatic carbocycles. The first-order chi connectivity index (χ1) is 10.1. The molecule has 1 aliphatic carbocycles. The molecule has 5 heteroatoms. The normalized spacial score (nSPS) is 20.9. The Morgan fingerprint density at radius 1 is 1.57 bits per heavy atom. The van der Waals surface area contributed by atoms with E-state index in [2.05, 4.69) is 16.9 Å². The van der Waals surface area contributed by atoms with Crippen LogP contribution in [0, 0.1) is 5.92 Å². The highest BCUT2D eigenvalue weighted by molar-refractivity contribution is 5.91. The van der Waals surface area contributed by atoms with Crippen molar-refractivity contribution in [3.05, 3.63) is 47.9 Å². The fourth-order valence-electron chi connectivity index (χ4n) is 2.34. The summed E-state index contributed by atoms with van der Waals surface area (Å²) in [6.07, 6.45) is 7.86. The number of rotatable bonds is 5. The van der Waals surface area contributed by atoms with Gasteiger partial charge in [0, 0.05) is 31.4 Å². The number of H-pyrrole nitrogens is 1. The zero-order valence-electron chi connectivity index (χ0n) is 12.2. The molecule has 2 aromatic heterocycles. The van der Waals surface area contributed by atoms with E-state index < -0.39 is 0 Å². The van der Waals surface area contributed by atoms with Gasteiger partial charge in [-0.2, -0.15) is 0 Å². The van der Waals surface area contributed by atoms with Gasteiger partial charge in [0.05, 0.1) is 6.54 Å². The Balaban J connectivity index is 1.57. The Morgan fingerprint density at radius 2 is 2.38 bits per heavy atom. The minimum atomic E-state index is -0.0795. The Hall–Kier alpha value is -2.30. The fraction of sp³-hybridized carbons (Fsp3) is 0.375. The number of furan rings is 1. The van der Waals surface area contributed by atoms with Crippen LogP contribution in [0.15, 0.2) is 35.0 Å². The number of imidazole rings is 1. The van der Waals surface area contributed by atoms with Crippen LogP contribution in [-0.4, -0.2) is 27.8 Å². The van der Waals surface area contributed by atoms with Gasteiger partial charge in [0.15, 0.2) is 0 Å². The third-order valence-corrected chi connectivity index (χ3v) is 3.83. The SMILES string of the molecule is CC1CC1c1ccc(C=CC(=O)N(C)Cc2ncc[nH]2)o1. The van der Waals surface area contributed by atoms with Crippen molar-refractivity contribution in [1.29, 1.82) is 0 Å². The quantitative estimate of drug-likeness (QED) is 0.859. The van der Waals surface area contributed by atoms with Crippen molar-refractivity contribution in [2.24, 2.45) is 5.92 Å². The number of nitrogens with one attached hydrogen (secondary N) is 1. The second-order valence-electron chi connectivity index (χ2n) is 5.62. The first-order valence-electron chi connectivity index (χ1n) is 7.14. The van der Waals surface area contributed by atoms with E-state index >= 15 is 0 Å². The van der Waals surface area contributed by atoms with E-state index in [-0.39, 0.29) is 5.91 Å². The zero-order chi connectivity index (χ0) is 14.8. The fourth-order valence-corrected chi connectivity index (χ4v) is 2.34. The van der Waals surface area contributed by atoms with Crippen molar-refractivity contribution in [3.63, 3.8) is 0 Å². The molecular weight excluding hydrogens is 266 g/mol. The Kier molecular flexibility index (Phi) is 3.64. The van der Waals surface area contributed by atoms with E-state index in [1.54, 1.807) is 30.4 Å². The average molecular weight is 285 g/mol. The lowest BCUT2D eigenvalue weighted by atomic mass is 10.3. The number of likely N-dealkylation sites (N-methyl/N-ethyl adjacent to an activating group) is 1. The van der Waals surface area contributed by atoms with Crippen molar-refractivity contribution in [3.8, 4) is 0 Å². The summed E-state index contributed by atoms with van der Waals surface area (Å²) in [5.74, 6) is 3.72. The molecule has 2 aromatic rings. The molecular formula is C16H19N3O2. The third-order valence-electron chi connectivity index (χ3n) is 3.83. The zero-order valence-corrected chi connectivity index (χ0v) is 12.2. The van der Waals surface area contributed by atoms with Crippen molar-refractivity contribution in [2.45, 2.75) is 25.8 Å². The summed E-state index contributed by atoms with van der Waals surface area (Å²) >= 11 is 0. The van der Waals surface area contributed by atoms with Crippen LogP contribution in [0.4, 0.5) is 0 Å². The summed E-state index contributed by atoms with van der Waals surface area (Å²) in [6, 6.07) is 3.92. The highest BCUT2D eigenvalue weighted by Gasteiger charge is 2.36. The van der Waals surface area contributed by atoms with E-state index in [1.807, 2.05) is 12.1 Å². The molecule has 110 valence electrons. The van der Waals surface area contributed by atoms with Crippen LogP contribution < -0.4 is 0 Å². The molecule has 0 bridgehead atoms. The molecule has 0 radical (unpaired) electrons. The maximum Gasteiger partial charge on any atom is 0.246 e. The van der Waals surface area contributed by atoms with E-state index in [0.717, 1.165) is 17.3 Å². The number of carbonyl (C=O) groups is 1. The summed E-state index contributed by atoms with van der Waals surface area (Å²) < 4.78 is 5.74. The largest absolute Gasteiger partial charge is 0.461 e. The smallest absolute Gasteiger partial charge is 0.246 e. The number of hydrogen-bond donors (Lipinski definition) is 1. The van der Waals surface area contributed by atoms with Crippen molar-refractivity contribution < 1.29 is 9.21 Å². The molecule has 0 saturated heterocycles. The van der Waals surface area contributed by atoms with Crippen LogP contribution >= 0.6 is 0 Å². The van der Waals surface area contributed by atoms with Crippen molar-refractivity contribution >= 4 is 12.0 Å². The lowest BCUT2D eigenvalue weighted by molar-refractivity contribution is -0.125. The molecule has 2 heterocycles. The van der Waals surface area contributed by atoms with Crippen LogP contribution in [0.1, 0.15) is 36.6 Å². The molecule has 2 unspecified atom stereocenters. The van der Waals surface area contributed by atoms with Crippen molar-refractivity contribution in [2.75, 3.05) is 7.05 Å². The number of carbonyl (C=O) groups excluding carboxylic acids is 1. The number of aromatic nitrogens is 2. The lowest BCUT2D eigenvalue weighted by Gasteiger charge is -2.12. The van der Waals surface area contributed by atoms with E-state index in [1.165, 1.54) is 12.5 Å². The first kappa shape index (κ1) is 13.7. The highest BCUT2D eigenvalue weighted by Crippen LogP contribution is 2.47. The number of nitrogens with zero attached hydrogens (tertiary/aromatic N) is 2. The first-order valence-corrected chi connectivity index (χ1v) is 7.14. The minimum Gasteiger partial charge on any atom is -0.461 e. The summed E-state index contributed by atoms with van der Waals surface area (Å²) in [4.78, 5) is 20.7. The second-order valence-corrected chi connectivity index (χ2v) is 5.62. The molecule has 0 spiro atoms. The maximum absolute atomic E-state index is 12.0. The van der Waals surface area contributed by atoms with E-state index in [9.17, 15) is 4.79 Å². The molecule has 2 atom stereocenters. The average Bonchev–Trinajstić information content (AvgIpc) is 2.88. The van der Waals surface area contributed by atoms with Gasteiger partial charge in [-0.25, -0.2) is 4.98 Å². The van der Waals surface area contributed by atoms with E-state index in [4.69, 9.17) is 4.42 Å². The molecule has 21 heavy (non-hydrogen) atoms. The van der Waals surface area contributed by atoms with Crippen LogP contribution in [0.5, 0.6) is 0 Å². The lowest BCUT2D eigenvalue weighted by Crippen LogP contribution is -2.24. The van der Waals surface area contributed by atoms with E-state index in [0.29, 0.717) is 18.4 Å². The van der Waals surface area contributed by atoms with Crippen LogP contribution in [0.2, 0.25) is 0 Å². The summed E-state index contributed by atoms with van der Waals surface area (Å²) in [7, 11) is 1.74. The minimum absolute atomic E-state index is 0.0795. The standard InChI is InChI=1S/C16H19N3O2/c1-11-9-13(11)14-5-3-12(21-14)4-6-16(20)19(2)10-15-17-7-8-18-15/h3-8,11,13H,9-10H2,1-2H3,(H,17,18). The highest BCUT2D eigenvalue weighted by atomic mass is 16.3. The van der Waals surface area contributed by atoms with Gasteiger partial charge in [-0.3, -0.25) is 4.79 Å². The van der Waals surface area contributed by atoms with Gasteiger partial charge in [-0.05, 0) is 30.5 Å². The maximum atomic E-state index is 12.0. The molecule has 1 saturated carbocycles. The summed E-state index contributed by atoms with van der Waals surface area (Å²) in [6.45, 7) is 2.68. The van der Waals surface area contributed by atoms with Gasteiger partial charge in [0.25, 0.3) is 0 Å².